The van der Waals surface area contributed by atoms with Crippen LogP contribution in [-0.2, 0) is 10.7 Å². The second-order valence-electron chi connectivity index (χ2n) is 6.82. The van der Waals surface area contributed by atoms with Crippen LogP contribution in [-0.4, -0.2) is 36.2 Å². The van der Waals surface area contributed by atoms with E-state index in [1.54, 1.807) is 24.5 Å². The molecule has 4 heterocycles. The van der Waals surface area contributed by atoms with Gasteiger partial charge in [-0.3, -0.25) is 5.10 Å². The van der Waals surface area contributed by atoms with E-state index in [1.165, 1.54) is 18.5 Å². The third-order valence-electron chi connectivity index (χ3n) is 4.92. The molecule has 0 spiro atoms. The molecule has 0 amide bonds. The average Bonchev–Trinajstić information content (AvgIpc) is 3.34. The number of fused-ring (bicyclic) bond motifs is 1. The highest BCUT2D eigenvalue weighted by atomic mass is 32.2. The molecular weight excluding hydrogens is 408 g/mol. The van der Waals surface area contributed by atoms with Gasteiger partial charge in [-0.1, -0.05) is 17.6 Å². The van der Waals surface area contributed by atoms with Gasteiger partial charge in [-0.05, 0) is 30.7 Å². The number of nitrogens with zero attached hydrogens (tertiary/aromatic N) is 5. The summed E-state index contributed by atoms with van der Waals surface area (Å²) in [5, 5.41) is 10.8. The van der Waals surface area contributed by atoms with Gasteiger partial charge in [-0.2, -0.15) is 5.10 Å². The first-order valence-electron chi connectivity index (χ1n) is 9.41. The van der Waals surface area contributed by atoms with Crippen LogP contribution < -0.4 is 5.32 Å². The molecular formula is C20H17F2N7S. The Bertz CT molecular complexity index is 1290. The van der Waals surface area contributed by atoms with Crippen molar-refractivity contribution in [3.05, 3.63) is 54.6 Å². The van der Waals surface area contributed by atoms with Gasteiger partial charge < -0.3 is 5.32 Å². The highest BCUT2D eigenvalue weighted by Crippen LogP contribution is 2.36. The number of rotatable bonds is 5. The second kappa shape index (κ2) is 7.52. The number of pyridine rings is 1. The Labute approximate surface area is 173 Å². The lowest BCUT2D eigenvalue weighted by Gasteiger charge is -2.13. The Morgan fingerprint density at radius 1 is 1.23 bits per heavy atom. The Morgan fingerprint density at radius 3 is 2.97 bits per heavy atom. The number of halogens is 2. The van der Waals surface area contributed by atoms with E-state index >= 15 is 4.39 Å². The molecule has 0 bridgehead atoms. The average molecular weight is 425 g/mol. The van der Waals surface area contributed by atoms with E-state index in [0.29, 0.717) is 27.5 Å². The molecule has 0 saturated carbocycles. The Morgan fingerprint density at radius 2 is 2.13 bits per heavy atom. The zero-order valence-electron chi connectivity index (χ0n) is 15.9. The number of aromatic nitrogens is 5. The van der Waals surface area contributed by atoms with Crippen LogP contribution in [0.15, 0.2) is 47.3 Å². The number of aromatic amines is 1. The molecule has 5 rings (SSSR count). The number of hydrogen-bond acceptors (Lipinski definition) is 6. The van der Waals surface area contributed by atoms with Gasteiger partial charge in [0.2, 0.25) is 0 Å². The van der Waals surface area contributed by atoms with Crippen molar-refractivity contribution in [2.24, 2.45) is 4.36 Å². The summed E-state index contributed by atoms with van der Waals surface area (Å²) in [7, 11) is -0.179. The number of H-pyrrole nitrogens is 1. The maximum atomic E-state index is 15.1. The number of benzene rings is 1. The number of anilines is 2. The second-order valence-corrected chi connectivity index (χ2v) is 8.81. The zero-order chi connectivity index (χ0) is 20.7. The minimum Gasteiger partial charge on any atom is -0.335 e. The molecule has 1 aromatic carbocycles. The van der Waals surface area contributed by atoms with E-state index in [2.05, 4.69) is 41.8 Å². The molecule has 1 aliphatic heterocycles. The maximum absolute atomic E-state index is 15.1. The summed E-state index contributed by atoms with van der Waals surface area (Å²) in [5.74, 6) is -0.203. The van der Waals surface area contributed by atoms with Crippen molar-refractivity contribution in [1.82, 2.24) is 25.1 Å². The Kier molecular flexibility index (Phi) is 4.70. The first kappa shape index (κ1) is 18.7. The lowest BCUT2D eigenvalue weighted by Crippen LogP contribution is -2.02. The maximum Gasteiger partial charge on any atom is 0.175 e. The van der Waals surface area contributed by atoms with Gasteiger partial charge in [-0.25, -0.2) is 28.1 Å². The van der Waals surface area contributed by atoms with Crippen LogP contribution in [0.3, 0.4) is 0 Å². The fourth-order valence-electron chi connectivity index (χ4n) is 3.22. The molecule has 2 atom stereocenters. The van der Waals surface area contributed by atoms with E-state index in [9.17, 15) is 4.39 Å². The quantitative estimate of drug-likeness (QED) is 0.454. The van der Waals surface area contributed by atoms with Crippen molar-refractivity contribution < 1.29 is 8.78 Å². The van der Waals surface area contributed by atoms with Crippen LogP contribution in [0.2, 0.25) is 0 Å². The molecule has 0 aliphatic carbocycles. The van der Waals surface area contributed by atoms with Gasteiger partial charge in [0, 0.05) is 22.8 Å². The summed E-state index contributed by atoms with van der Waals surface area (Å²) in [6, 6.07) is 6.10. The fourth-order valence-corrected chi connectivity index (χ4v) is 4.94. The van der Waals surface area contributed by atoms with Crippen molar-refractivity contribution in [2.75, 3.05) is 11.1 Å². The SMILES string of the molecule is CCC1CS1=Nc1ccc(F)c(Nc2ncccc2-c2ncnc3[nH]ncc23)c1F. The van der Waals surface area contributed by atoms with E-state index < -0.39 is 11.6 Å². The lowest BCUT2D eigenvalue weighted by molar-refractivity contribution is 0.592. The van der Waals surface area contributed by atoms with E-state index in [0.717, 1.165) is 12.2 Å². The predicted molar refractivity (Wildman–Crippen MR) is 113 cm³/mol. The summed E-state index contributed by atoms with van der Waals surface area (Å²) >= 11 is 0. The van der Waals surface area contributed by atoms with Crippen LogP contribution >= 0.6 is 0 Å². The summed E-state index contributed by atoms with van der Waals surface area (Å²) in [4.78, 5) is 12.7. The van der Waals surface area contributed by atoms with Gasteiger partial charge in [0.25, 0.3) is 0 Å². The minimum atomic E-state index is -0.725. The van der Waals surface area contributed by atoms with Crippen molar-refractivity contribution in [3.63, 3.8) is 0 Å². The highest BCUT2D eigenvalue weighted by Gasteiger charge is 2.29. The highest BCUT2D eigenvalue weighted by molar-refractivity contribution is 7.95. The summed E-state index contributed by atoms with van der Waals surface area (Å²) < 4.78 is 34.1. The van der Waals surface area contributed by atoms with Gasteiger partial charge in [-0.15, -0.1) is 0 Å². The molecule has 3 aromatic heterocycles. The summed E-state index contributed by atoms with van der Waals surface area (Å²) in [6.07, 6.45) is 5.55. The molecule has 1 saturated heterocycles. The minimum absolute atomic E-state index is 0.162. The molecule has 2 unspecified atom stereocenters. The first-order chi connectivity index (χ1) is 14.7. The van der Waals surface area contributed by atoms with Crippen molar-refractivity contribution in [1.29, 1.82) is 0 Å². The Hall–Kier alpha value is -3.27. The van der Waals surface area contributed by atoms with Crippen LogP contribution in [0.1, 0.15) is 13.3 Å². The standard InChI is InChI=1S/C20H17F2N7S/c1-2-11-9-30(11)29-15-6-5-14(21)18(16(15)22)27-19-12(4-3-7-23-19)17-13-8-26-28-20(13)25-10-24-17/h3-8,10-11H,2,9H2,1H3,(H,23,27)(H,24,25,26,28). The normalized spacial score (nSPS) is 18.1. The third-order valence-corrected chi connectivity index (χ3v) is 6.94. The molecule has 1 fully saturated rings. The molecule has 4 aromatic rings. The van der Waals surface area contributed by atoms with Crippen molar-refractivity contribution in [2.45, 2.75) is 18.6 Å². The zero-order valence-corrected chi connectivity index (χ0v) is 16.7. The number of nitrogens with one attached hydrogen (secondary N) is 2. The van der Waals surface area contributed by atoms with Crippen LogP contribution in [0.4, 0.5) is 26.0 Å². The molecule has 0 radical (unpaired) electrons. The van der Waals surface area contributed by atoms with Crippen LogP contribution in [0.5, 0.6) is 0 Å². The first-order valence-corrected chi connectivity index (χ1v) is 10.8. The third kappa shape index (κ3) is 3.32. The van der Waals surface area contributed by atoms with E-state index in [4.69, 9.17) is 0 Å². The van der Waals surface area contributed by atoms with Crippen LogP contribution in [0, 0.1) is 11.6 Å². The predicted octanol–water partition coefficient (Wildman–Crippen LogP) is 4.66. The Balaban J connectivity index is 1.57. The van der Waals surface area contributed by atoms with Crippen molar-refractivity contribution >= 4 is 38.9 Å². The largest absolute Gasteiger partial charge is 0.335 e. The molecule has 152 valence electrons. The van der Waals surface area contributed by atoms with Gasteiger partial charge in [0.15, 0.2) is 11.5 Å². The van der Waals surface area contributed by atoms with Gasteiger partial charge >= 0.3 is 0 Å². The van der Waals surface area contributed by atoms with E-state index in [1.807, 2.05) is 0 Å². The lowest BCUT2D eigenvalue weighted by atomic mass is 10.1. The van der Waals surface area contributed by atoms with Gasteiger partial charge in [0.1, 0.15) is 29.3 Å². The number of hydrogen-bond donors (Lipinski definition) is 2. The smallest absolute Gasteiger partial charge is 0.175 e. The molecule has 2 N–H and O–H groups in total. The summed E-state index contributed by atoms with van der Waals surface area (Å²) in [6.45, 7) is 2.09. The molecule has 30 heavy (non-hydrogen) atoms. The summed E-state index contributed by atoms with van der Waals surface area (Å²) in [5.41, 5.74) is 1.56. The van der Waals surface area contributed by atoms with Gasteiger partial charge in [0.05, 0.1) is 17.3 Å². The van der Waals surface area contributed by atoms with E-state index in [-0.39, 0.29) is 27.9 Å². The molecule has 10 heteroatoms. The van der Waals surface area contributed by atoms with Crippen LogP contribution in [0.25, 0.3) is 22.3 Å². The monoisotopic (exact) mass is 425 g/mol. The topological polar surface area (TPSA) is 91.7 Å². The molecule has 1 aliphatic rings. The van der Waals surface area contributed by atoms with Crippen molar-refractivity contribution in [3.8, 4) is 11.3 Å². The fraction of sp³-hybridized carbons (Fsp3) is 0.200. The molecule has 7 nitrogen and oxygen atoms in total.